The van der Waals surface area contributed by atoms with Gasteiger partial charge in [0, 0.05) is 27.5 Å². The average Bonchev–Trinajstić information content (AvgIpc) is 4.05. The first-order chi connectivity index (χ1) is 34.0. The van der Waals surface area contributed by atoms with Crippen LogP contribution in [0.2, 0.25) is 5.02 Å². The first kappa shape index (κ1) is 46.4. The molecule has 0 saturated heterocycles. The Kier molecular flexibility index (Phi) is 10.5. The highest BCUT2D eigenvalue weighted by atomic mass is 35.5. The molecule has 72 heavy (non-hydrogen) atoms. The van der Waals surface area contributed by atoms with E-state index in [1.54, 1.807) is 0 Å². The first-order valence-electron chi connectivity index (χ1n) is 20.1. The van der Waals surface area contributed by atoms with Crippen LogP contribution in [0.25, 0.3) is 90.4 Å². The van der Waals surface area contributed by atoms with Crippen LogP contribution in [0.5, 0.6) is 0 Å². The Morgan fingerprint density at radius 1 is 0.542 bits per heavy atom. The number of halogens is 3. The molecule has 0 amide bonds. The van der Waals surface area contributed by atoms with Gasteiger partial charge >= 0.3 is 0 Å². The number of rotatable bonds is 7. The Morgan fingerprint density at radius 3 is 1.62 bits per heavy atom. The molecule has 8 aromatic rings. The Bertz CT molecular complexity index is 4560. The van der Waals surface area contributed by atoms with Crippen molar-refractivity contribution in [2.75, 3.05) is 4.72 Å². The molecule has 30 heteroatoms. The van der Waals surface area contributed by atoms with Crippen molar-refractivity contribution in [3.05, 3.63) is 120 Å². The zero-order valence-corrected chi connectivity index (χ0v) is 39.2. The van der Waals surface area contributed by atoms with Crippen molar-refractivity contribution in [3.8, 4) is 68.3 Å². The second-order valence-corrected chi connectivity index (χ2v) is 21.7. The lowest BCUT2D eigenvalue weighted by Crippen LogP contribution is -2.15. The van der Waals surface area contributed by atoms with Gasteiger partial charge in [-0.25, -0.2) is 43.3 Å². The molecule has 0 spiro atoms. The normalized spacial score (nSPS) is 13.1. The first-order valence-corrected chi connectivity index (χ1v) is 26.3. The summed E-state index contributed by atoms with van der Waals surface area (Å²) in [5.41, 5.74) is -2.04. The maximum absolute atomic E-state index is 14.6. The second-order valence-electron chi connectivity index (χ2n) is 15.5. The smallest absolute Gasteiger partial charge is 0.295 e. The topological polar surface area (TPSA) is 359 Å². The van der Waals surface area contributed by atoms with Crippen LogP contribution >= 0.6 is 11.6 Å². The van der Waals surface area contributed by atoms with E-state index in [1.807, 2.05) is 0 Å². The van der Waals surface area contributed by atoms with Gasteiger partial charge in [0.15, 0.2) is 34.6 Å². The van der Waals surface area contributed by atoms with Crippen LogP contribution in [0, 0.1) is 12.0 Å². The molecule has 5 aromatic carbocycles. The fraction of sp³-hybridized carbons (Fsp3) is 0. The Labute approximate surface area is 406 Å². The molecule has 3 aromatic heterocycles. The fourth-order valence-corrected chi connectivity index (χ4v) is 11.7. The molecule has 0 unspecified atom stereocenters. The highest BCUT2D eigenvalue weighted by molar-refractivity contribution is 7.93. The van der Waals surface area contributed by atoms with Crippen molar-refractivity contribution in [2.45, 2.75) is 19.6 Å². The monoisotopic (exact) mass is 1070 g/mol. The second kappa shape index (κ2) is 16.3. The lowest BCUT2D eigenvalue weighted by atomic mass is 10.1. The van der Waals surface area contributed by atoms with Crippen molar-refractivity contribution in [1.29, 1.82) is 0 Å². The van der Waals surface area contributed by atoms with Crippen molar-refractivity contribution in [3.63, 3.8) is 0 Å². The highest BCUT2D eigenvalue weighted by Gasteiger charge is 2.34. The van der Waals surface area contributed by atoms with Gasteiger partial charge in [0.2, 0.25) is 5.95 Å². The van der Waals surface area contributed by atoms with Crippen molar-refractivity contribution in [1.82, 2.24) is 49.8 Å². The van der Waals surface area contributed by atoms with Crippen LogP contribution in [-0.4, -0.2) is 97.2 Å². The average molecular weight is 1070 g/mol. The lowest BCUT2D eigenvalue weighted by molar-refractivity contribution is 0.476. The minimum atomic E-state index is -5.06. The number of benzene rings is 5. The zero-order chi connectivity index (χ0) is 50.8. The molecule has 8 bridgehead atoms. The number of nitrogens with one attached hydrogen (secondary N) is 4. The largest absolute Gasteiger partial charge is 0.325 e. The number of H-pyrrole nitrogens is 3. The molecule has 7 N–H and O–H groups in total. The van der Waals surface area contributed by atoms with E-state index < -0.39 is 100.0 Å². The van der Waals surface area contributed by atoms with Crippen LogP contribution in [-0.2, 0) is 40.4 Å². The Morgan fingerprint density at radius 2 is 1.04 bits per heavy atom. The Balaban J connectivity index is 1.24. The van der Waals surface area contributed by atoms with Crippen molar-refractivity contribution in [2.24, 2.45) is 4.99 Å². The molecule has 0 aliphatic carbocycles. The number of hydrogen-bond donors (Lipinski definition) is 7. The molecule has 362 valence electrons. The van der Waals surface area contributed by atoms with Crippen LogP contribution in [0.15, 0.2) is 122 Å². The van der Waals surface area contributed by atoms with E-state index in [-0.39, 0.29) is 84.3 Å². The molecular formula is C42H23ClF2N12O11S4. The van der Waals surface area contributed by atoms with Crippen LogP contribution in [0.1, 0.15) is 0 Å². The number of nitrogens with zero attached hydrogens (tertiary/aromatic N) is 8. The lowest BCUT2D eigenvalue weighted by Gasteiger charge is -2.10. The number of sulfonamides is 1. The number of anilines is 1. The van der Waals surface area contributed by atoms with E-state index in [0.29, 0.717) is 0 Å². The van der Waals surface area contributed by atoms with Crippen molar-refractivity contribution >= 4 is 85.4 Å². The summed E-state index contributed by atoms with van der Waals surface area (Å²) < 4.78 is 169. The molecule has 3 aliphatic heterocycles. The van der Waals surface area contributed by atoms with Crippen LogP contribution in [0.4, 0.5) is 20.2 Å². The molecule has 0 saturated carbocycles. The predicted octanol–water partition coefficient (Wildman–Crippen LogP) is 6.20. The number of aromatic amines is 3. The SMILES string of the molecule is O=S(=O)(O)c1cccc2c1-c1nc3nc(nc4[nH]c([nH]c5nc(nc-2n1)-c1c-5cccc1S(=O)(=O)O)c1c(S(=O)(=O)Nc2cccc(N=c5[nH]c(F)nc(F)c5Cl)c2)cccc41)-c1c-3cccc1S(=O)(=O)O. The van der Waals surface area contributed by atoms with E-state index in [0.717, 1.165) is 18.2 Å². The molecular weight excluding hydrogens is 1050 g/mol. The molecule has 3 aliphatic rings. The third kappa shape index (κ3) is 7.88. The van der Waals surface area contributed by atoms with Gasteiger partial charge in [-0.2, -0.15) is 39.0 Å². The molecule has 0 radical (unpaired) electrons. The van der Waals surface area contributed by atoms with Crippen LogP contribution in [0.3, 0.4) is 0 Å². The number of aromatic nitrogens is 10. The van der Waals surface area contributed by atoms with Gasteiger partial charge in [-0.15, -0.1) is 0 Å². The quantitative estimate of drug-likeness (QED) is 0.0530. The maximum Gasteiger partial charge on any atom is 0.295 e. The zero-order valence-electron chi connectivity index (χ0n) is 35.2. The number of fused-ring (bicyclic) bond motifs is 20. The summed E-state index contributed by atoms with van der Waals surface area (Å²) in [5.74, 6) is -3.56. The standard InChI is InChI=1S/C42H23ClF2N12O11S4/c43-31-32(44)47-42(45)56-41(31)46-17-6-1-7-18(16-17)57-69(58,59)23-12-2-8-19-27(23)37-48-33(19)50-38-29-21(10-4-14-25(29)71(63,64)65)35(52-38)54-40-30-22(11-5-15-26(30)72(66,67)68)36(55-40)53-39-28-20(34(49-37)51-39)9-3-13-24(28)70(60,61)62/h1-16,57H,(H,46,47,56)(H,60,61,62)(H,63,64,65)(H,66,67,68)(H2,48,49,50,51,52,53,54,55). The van der Waals surface area contributed by atoms with Gasteiger partial charge in [0.25, 0.3) is 46.5 Å². The summed E-state index contributed by atoms with van der Waals surface area (Å²) in [7, 11) is -19.9. The fourth-order valence-electron chi connectivity index (χ4n) is 8.20. The van der Waals surface area contributed by atoms with Gasteiger partial charge in [-0.05, 0) is 42.5 Å². The predicted molar refractivity (Wildman–Crippen MR) is 250 cm³/mol. The minimum Gasteiger partial charge on any atom is -0.325 e. The summed E-state index contributed by atoms with van der Waals surface area (Å²) >= 11 is 5.94. The van der Waals surface area contributed by atoms with Gasteiger partial charge in [0.05, 0.1) is 33.0 Å². The van der Waals surface area contributed by atoms with E-state index in [1.165, 1.54) is 78.9 Å². The molecule has 23 nitrogen and oxygen atoms in total. The summed E-state index contributed by atoms with van der Waals surface area (Å²) in [6.45, 7) is 0. The van der Waals surface area contributed by atoms with E-state index in [2.05, 4.69) is 59.6 Å². The van der Waals surface area contributed by atoms with Gasteiger partial charge < -0.3 is 9.97 Å². The third-order valence-electron chi connectivity index (χ3n) is 11.1. The summed E-state index contributed by atoms with van der Waals surface area (Å²) in [4.78, 5) is 39.9. The Hall–Kier alpha value is -8.03. The van der Waals surface area contributed by atoms with E-state index in [9.17, 15) is 56.1 Å². The maximum atomic E-state index is 14.6. The number of hydrogen-bond acceptors (Lipinski definition) is 16. The summed E-state index contributed by atoms with van der Waals surface area (Å²) in [6.07, 6.45) is -1.34. The van der Waals surface area contributed by atoms with Gasteiger partial charge in [0.1, 0.15) is 36.8 Å². The molecule has 0 fully saturated rings. The molecule has 6 heterocycles. The summed E-state index contributed by atoms with van der Waals surface area (Å²) in [5, 5.41) is -0.772. The summed E-state index contributed by atoms with van der Waals surface area (Å²) in [6, 6.07) is 20.4. The highest BCUT2D eigenvalue weighted by Crippen LogP contribution is 2.44. The van der Waals surface area contributed by atoms with Crippen molar-refractivity contribution < 1.29 is 56.1 Å². The van der Waals surface area contributed by atoms with E-state index >= 15 is 0 Å². The minimum absolute atomic E-state index is 0.0180. The van der Waals surface area contributed by atoms with Crippen LogP contribution < -0.4 is 10.2 Å². The van der Waals surface area contributed by atoms with Gasteiger partial charge in [-0.1, -0.05) is 66.2 Å². The van der Waals surface area contributed by atoms with E-state index in [4.69, 9.17) is 11.6 Å². The third-order valence-corrected chi connectivity index (χ3v) is 15.5. The molecule has 0 atom stereocenters. The van der Waals surface area contributed by atoms with Gasteiger partial charge in [-0.3, -0.25) is 23.4 Å². The molecule has 11 rings (SSSR count).